The molecule has 3 heterocycles. The van der Waals surface area contributed by atoms with Crippen molar-refractivity contribution in [2.75, 3.05) is 19.0 Å². The number of methoxy groups -OCH3 is 1. The van der Waals surface area contributed by atoms with Crippen LogP contribution >= 0.6 is 0 Å². The zero-order valence-corrected chi connectivity index (χ0v) is 20.0. The Morgan fingerprint density at radius 1 is 1.00 bits per heavy atom. The first kappa shape index (κ1) is 23.2. The SMILES string of the molecule is CCCCOc1ccc(-c2cc3c4nn(CC(=O)Nc5ccc(OC)cc5)c(=O)n4ccn3n2)cc1. The van der Waals surface area contributed by atoms with Crippen molar-refractivity contribution in [3.8, 4) is 22.8 Å². The Bertz CT molecular complexity index is 1560. The molecule has 1 amide bonds. The summed E-state index contributed by atoms with van der Waals surface area (Å²) in [5.74, 6) is 1.14. The van der Waals surface area contributed by atoms with Crippen LogP contribution in [0.3, 0.4) is 0 Å². The molecule has 0 aliphatic heterocycles. The number of carbonyl (C=O) groups is 1. The molecule has 0 fully saturated rings. The number of ether oxygens (including phenoxy) is 2. The number of fused-ring (bicyclic) bond motifs is 3. The van der Waals surface area contributed by atoms with E-state index in [2.05, 4.69) is 22.4 Å². The van der Waals surface area contributed by atoms with Crippen molar-refractivity contribution < 1.29 is 14.3 Å². The maximum atomic E-state index is 12.9. The van der Waals surface area contributed by atoms with Crippen LogP contribution in [0.4, 0.5) is 5.69 Å². The van der Waals surface area contributed by atoms with E-state index in [1.54, 1.807) is 48.3 Å². The van der Waals surface area contributed by atoms with Gasteiger partial charge in [0, 0.05) is 23.6 Å². The molecule has 0 saturated carbocycles. The first-order valence-corrected chi connectivity index (χ1v) is 11.7. The smallest absolute Gasteiger partial charge is 0.350 e. The number of benzene rings is 2. The van der Waals surface area contributed by atoms with Crippen molar-refractivity contribution in [1.29, 1.82) is 0 Å². The Morgan fingerprint density at radius 2 is 1.75 bits per heavy atom. The highest BCUT2D eigenvalue weighted by Crippen LogP contribution is 2.24. The summed E-state index contributed by atoms with van der Waals surface area (Å²) in [6.45, 7) is 2.60. The van der Waals surface area contributed by atoms with E-state index in [0.717, 1.165) is 34.5 Å². The highest BCUT2D eigenvalue weighted by Gasteiger charge is 2.15. The van der Waals surface area contributed by atoms with Crippen LogP contribution in [-0.4, -0.2) is 43.4 Å². The zero-order chi connectivity index (χ0) is 25.1. The molecule has 0 aliphatic carbocycles. The fourth-order valence-electron chi connectivity index (χ4n) is 3.85. The molecule has 0 atom stereocenters. The molecule has 36 heavy (non-hydrogen) atoms. The monoisotopic (exact) mass is 486 g/mol. The Kier molecular flexibility index (Phi) is 6.40. The first-order valence-electron chi connectivity index (χ1n) is 11.7. The molecule has 0 radical (unpaired) electrons. The molecule has 184 valence electrons. The van der Waals surface area contributed by atoms with Crippen LogP contribution < -0.4 is 20.5 Å². The number of aromatic nitrogens is 5. The van der Waals surface area contributed by atoms with Crippen molar-refractivity contribution >= 4 is 22.8 Å². The normalized spacial score (nSPS) is 11.2. The second-order valence-corrected chi connectivity index (χ2v) is 8.29. The summed E-state index contributed by atoms with van der Waals surface area (Å²) in [5, 5.41) is 11.8. The molecular formula is C26H26N6O4. The predicted molar refractivity (Wildman–Crippen MR) is 136 cm³/mol. The number of rotatable bonds is 9. The van der Waals surface area contributed by atoms with Gasteiger partial charge in [0.2, 0.25) is 5.91 Å². The van der Waals surface area contributed by atoms with Crippen LogP contribution in [0.1, 0.15) is 19.8 Å². The number of unbranched alkanes of at least 4 members (excludes halogenated alkanes) is 1. The van der Waals surface area contributed by atoms with Gasteiger partial charge in [-0.15, -0.1) is 5.10 Å². The lowest BCUT2D eigenvalue weighted by atomic mass is 10.1. The van der Waals surface area contributed by atoms with E-state index in [1.165, 1.54) is 4.40 Å². The van der Waals surface area contributed by atoms with Gasteiger partial charge < -0.3 is 14.8 Å². The fraction of sp³-hybridized carbons (Fsp3) is 0.231. The van der Waals surface area contributed by atoms with E-state index in [9.17, 15) is 9.59 Å². The van der Waals surface area contributed by atoms with E-state index in [0.29, 0.717) is 29.2 Å². The molecule has 0 aliphatic rings. The second-order valence-electron chi connectivity index (χ2n) is 8.29. The van der Waals surface area contributed by atoms with Crippen molar-refractivity contribution in [1.82, 2.24) is 23.8 Å². The first-order chi connectivity index (χ1) is 17.6. The van der Waals surface area contributed by atoms with Crippen LogP contribution in [0.2, 0.25) is 0 Å². The number of carbonyl (C=O) groups excluding carboxylic acids is 1. The maximum absolute atomic E-state index is 12.9. The van der Waals surface area contributed by atoms with Gasteiger partial charge in [-0.1, -0.05) is 13.3 Å². The largest absolute Gasteiger partial charge is 0.497 e. The Hall–Kier alpha value is -4.60. The Labute approximate surface area is 206 Å². The van der Waals surface area contributed by atoms with Gasteiger partial charge in [0.1, 0.15) is 23.6 Å². The van der Waals surface area contributed by atoms with Gasteiger partial charge in [-0.25, -0.2) is 18.4 Å². The van der Waals surface area contributed by atoms with Crippen LogP contribution in [0.5, 0.6) is 11.5 Å². The van der Waals surface area contributed by atoms with Crippen molar-refractivity contribution in [2.24, 2.45) is 0 Å². The van der Waals surface area contributed by atoms with E-state index >= 15 is 0 Å². The van der Waals surface area contributed by atoms with Gasteiger partial charge in [-0.3, -0.25) is 4.79 Å². The highest BCUT2D eigenvalue weighted by molar-refractivity contribution is 5.90. The molecule has 10 heteroatoms. The van der Waals surface area contributed by atoms with Gasteiger partial charge in [0.05, 0.1) is 19.4 Å². The summed E-state index contributed by atoms with van der Waals surface area (Å²) in [7, 11) is 1.57. The average molecular weight is 487 g/mol. The van der Waals surface area contributed by atoms with Gasteiger partial charge >= 0.3 is 5.69 Å². The zero-order valence-electron chi connectivity index (χ0n) is 20.0. The van der Waals surface area contributed by atoms with Crippen LogP contribution in [0.15, 0.2) is 71.8 Å². The highest BCUT2D eigenvalue weighted by atomic mass is 16.5. The van der Waals surface area contributed by atoms with Gasteiger partial charge in [-0.05, 0) is 61.0 Å². The minimum Gasteiger partial charge on any atom is -0.497 e. The van der Waals surface area contributed by atoms with E-state index in [1.807, 2.05) is 30.3 Å². The summed E-state index contributed by atoms with van der Waals surface area (Å²) in [6, 6.07) is 16.6. The molecule has 0 saturated heterocycles. The number of hydrogen-bond acceptors (Lipinski definition) is 6. The van der Waals surface area contributed by atoms with Crippen LogP contribution in [0, 0.1) is 0 Å². The number of anilines is 1. The lowest BCUT2D eigenvalue weighted by molar-refractivity contribution is -0.117. The molecule has 10 nitrogen and oxygen atoms in total. The summed E-state index contributed by atoms with van der Waals surface area (Å²) >= 11 is 0. The molecular weight excluding hydrogens is 460 g/mol. The van der Waals surface area contributed by atoms with E-state index in [-0.39, 0.29) is 12.5 Å². The van der Waals surface area contributed by atoms with Crippen molar-refractivity contribution in [3.63, 3.8) is 0 Å². The fourth-order valence-corrected chi connectivity index (χ4v) is 3.85. The number of hydrogen-bond donors (Lipinski definition) is 1. The lowest BCUT2D eigenvalue weighted by Crippen LogP contribution is -2.28. The molecule has 1 N–H and O–H groups in total. The molecule has 0 bridgehead atoms. The summed E-state index contributed by atoms with van der Waals surface area (Å²) in [5.41, 5.74) is 2.92. The van der Waals surface area contributed by atoms with E-state index < -0.39 is 5.69 Å². The molecule has 3 aromatic heterocycles. The van der Waals surface area contributed by atoms with Gasteiger partial charge in [0.15, 0.2) is 5.65 Å². The number of nitrogens with one attached hydrogen (secondary N) is 1. The third-order valence-electron chi connectivity index (χ3n) is 5.78. The Morgan fingerprint density at radius 3 is 2.47 bits per heavy atom. The molecule has 5 rings (SSSR count). The lowest BCUT2D eigenvalue weighted by Gasteiger charge is -2.05. The van der Waals surface area contributed by atoms with Crippen LogP contribution in [-0.2, 0) is 11.3 Å². The quantitative estimate of drug-likeness (QED) is 0.319. The number of amides is 1. The standard InChI is InChI=1S/C26H26N6O4/c1-3-4-15-36-21-9-5-18(6-10-21)22-16-23-25-29-32(26(34)30(25)13-14-31(23)28-22)17-24(33)27-19-7-11-20(35-2)12-8-19/h5-14,16H,3-4,15,17H2,1-2H3,(H,27,33). The van der Waals surface area contributed by atoms with Crippen molar-refractivity contribution in [2.45, 2.75) is 26.3 Å². The van der Waals surface area contributed by atoms with Gasteiger partial charge in [0.25, 0.3) is 0 Å². The predicted octanol–water partition coefficient (Wildman–Crippen LogP) is 3.64. The maximum Gasteiger partial charge on any atom is 0.350 e. The summed E-state index contributed by atoms with van der Waals surface area (Å²) < 4.78 is 15.1. The summed E-state index contributed by atoms with van der Waals surface area (Å²) in [4.78, 5) is 25.4. The molecule has 2 aromatic carbocycles. The minimum absolute atomic E-state index is 0.223. The molecule has 0 unspecified atom stereocenters. The van der Waals surface area contributed by atoms with Gasteiger partial charge in [-0.2, -0.15) is 5.10 Å². The second kappa shape index (κ2) is 9.95. The number of nitrogens with zero attached hydrogens (tertiary/aromatic N) is 5. The van der Waals surface area contributed by atoms with E-state index in [4.69, 9.17) is 9.47 Å². The minimum atomic E-state index is -0.409. The third-order valence-corrected chi connectivity index (χ3v) is 5.78. The molecule has 5 aromatic rings. The topological polar surface area (TPSA) is 104 Å². The van der Waals surface area contributed by atoms with Crippen LogP contribution in [0.25, 0.3) is 22.4 Å². The average Bonchev–Trinajstić information content (AvgIpc) is 3.46. The Balaban J connectivity index is 1.38. The molecule has 0 spiro atoms. The third kappa shape index (κ3) is 4.65. The van der Waals surface area contributed by atoms with Crippen molar-refractivity contribution in [3.05, 3.63) is 77.5 Å². The summed E-state index contributed by atoms with van der Waals surface area (Å²) in [6.07, 6.45) is 5.38.